The van der Waals surface area contributed by atoms with E-state index in [1.165, 1.54) is 10.7 Å². The Morgan fingerprint density at radius 1 is 1.17 bits per heavy atom. The lowest BCUT2D eigenvalue weighted by atomic mass is 10.1. The first-order valence-electron chi connectivity index (χ1n) is 6.89. The summed E-state index contributed by atoms with van der Waals surface area (Å²) in [5.74, 6) is 1.78. The van der Waals surface area contributed by atoms with Gasteiger partial charge in [-0.15, -0.1) is 0 Å². The van der Waals surface area contributed by atoms with Gasteiger partial charge in [0.05, 0.1) is 5.69 Å². The summed E-state index contributed by atoms with van der Waals surface area (Å²) in [4.78, 5) is 11.1. The Kier molecular flexibility index (Phi) is 3.00. The minimum atomic E-state index is -0.320. The van der Waals surface area contributed by atoms with Gasteiger partial charge in [-0.25, -0.2) is 4.68 Å². The van der Waals surface area contributed by atoms with Crippen LogP contribution in [0, 0.1) is 5.41 Å². The summed E-state index contributed by atoms with van der Waals surface area (Å²) in [6.45, 7) is 0.403. The molecule has 0 saturated heterocycles. The van der Waals surface area contributed by atoms with Gasteiger partial charge in [-0.05, 0) is 30.3 Å². The maximum atomic E-state index is 11.1. The number of nitrogens with zero attached hydrogens (tertiary/aromatic N) is 2. The van der Waals surface area contributed by atoms with Crippen LogP contribution in [-0.4, -0.2) is 21.7 Å². The highest BCUT2D eigenvalue weighted by Gasteiger charge is 2.14. The third kappa shape index (κ3) is 2.50. The number of hydrogen-bond acceptors (Lipinski definition) is 6. The Labute approximate surface area is 129 Å². The van der Waals surface area contributed by atoms with Gasteiger partial charge in [-0.2, -0.15) is 10.3 Å². The van der Waals surface area contributed by atoms with Crippen LogP contribution >= 0.6 is 0 Å². The van der Waals surface area contributed by atoms with Crippen LogP contribution < -0.4 is 20.5 Å². The number of benzene rings is 1. The van der Waals surface area contributed by atoms with Crippen LogP contribution in [0.5, 0.6) is 11.5 Å². The topological polar surface area (TPSA) is 106 Å². The van der Waals surface area contributed by atoms with E-state index in [2.05, 4.69) is 10.3 Å². The summed E-state index contributed by atoms with van der Waals surface area (Å²) in [7, 11) is 0. The number of ether oxygens (including phenoxy) is 2. The molecule has 0 saturated carbocycles. The molecule has 23 heavy (non-hydrogen) atoms. The van der Waals surface area contributed by atoms with Gasteiger partial charge in [0.2, 0.25) is 6.79 Å². The molecule has 1 aliphatic rings. The highest BCUT2D eigenvalue weighted by atomic mass is 16.7. The van der Waals surface area contributed by atoms with E-state index in [1.807, 2.05) is 18.2 Å². The fourth-order valence-corrected chi connectivity index (χ4v) is 2.34. The van der Waals surface area contributed by atoms with E-state index in [-0.39, 0.29) is 24.4 Å². The highest BCUT2D eigenvalue weighted by Crippen LogP contribution is 2.35. The molecule has 8 nitrogen and oxygen atoms in total. The maximum absolute atomic E-state index is 11.1. The maximum Gasteiger partial charge on any atom is 0.280 e. The molecule has 8 heteroatoms. The fraction of sp³-hybridized carbons (Fsp3) is 0.133. The molecule has 2 N–H and O–H groups in total. The Bertz CT molecular complexity index is 985. The number of aromatic nitrogens is 3. The summed E-state index contributed by atoms with van der Waals surface area (Å²) in [6, 6.07) is 10.3. The molecule has 0 bridgehead atoms. The molecule has 0 amide bonds. The van der Waals surface area contributed by atoms with Crippen molar-refractivity contribution in [3.8, 4) is 22.8 Å². The van der Waals surface area contributed by atoms with Crippen LogP contribution in [0.4, 0.5) is 0 Å². The van der Waals surface area contributed by atoms with Crippen molar-refractivity contribution in [3.63, 3.8) is 0 Å². The minimum Gasteiger partial charge on any atom is -0.454 e. The number of H-pyrrole nitrogens is 1. The summed E-state index contributed by atoms with van der Waals surface area (Å²) in [5.41, 5.74) is 1.41. The van der Waals surface area contributed by atoms with Crippen molar-refractivity contribution in [1.29, 1.82) is 5.41 Å². The quantitative estimate of drug-likeness (QED) is 0.753. The SMILES string of the molecule is N=c1ccc(-c2ccc3c(c2)OCO3)nn1Cc1cc(=O)[nH]o1. The van der Waals surface area contributed by atoms with Crippen molar-refractivity contribution in [2.24, 2.45) is 0 Å². The monoisotopic (exact) mass is 312 g/mol. The van der Waals surface area contributed by atoms with Crippen LogP contribution in [0.25, 0.3) is 11.3 Å². The fourth-order valence-electron chi connectivity index (χ4n) is 2.34. The van der Waals surface area contributed by atoms with Crippen molar-refractivity contribution in [2.45, 2.75) is 6.54 Å². The Morgan fingerprint density at radius 2 is 2.04 bits per heavy atom. The van der Waals surface area contributed by atoms with Crippen LogP contribution in [0.1, 0.15) is 5.76 Å². The van der Waals surface area contributed by atoms with E-state index < -0.39 is 0 Å². The van der Waals surface area contributed by atoms with Crippen LogP contribution in [0.15, 0.2) is 45.7 Å². The summed E-state index contributed by atoms with van der Waals surface area (Å²) >= 11 is 0. The zero-order valence-electron chi connectivity index (χ0n) is 11.9. The molecule has 0 fully saturated rings. The largest absolute Gasteiger partial charge is 0.454 e. The van der Waals surface area contributed by atoms with Gasteiger partial charge in [0, 0.05) is 11.6 Å². The first-order valence-corrected chi connectivity index (χ1v) is 6.89. The normalized spacial score (nSPS) is 12.5. The Morgan fingerprint density at radius 3 is 2.87 bits per heavy atom. The van der Waals surface area contributed by atoms with E-state index in [1.54, 1.807) is 12.1 Å². The van der Waals surface area contributed by atoms with Crippen molar-refractivity contribution >= 4 is 0 Å². The molecule has 2 aromatic heterocycles. The van der Waals surface area contributed by atoms with Crippen molar-refractivity contribution < 1.29 is 14.0 Å². The Balaban J connectivity index is 1.71. The number of aromatic amines is 1. The van der Waals surface area contributed by atoms with Crippen LogP contribution in [0.3, 0.4) is 0 Å². The van der Waals surface area contributed by atoms with Crippen molar-refractivity contribution in [2.75, 3.05) is 6.79 Å². The lowest BCUT2D eigenvalue weighted by Crippen LogP contribution is -2.22. The van der Waals surface area contributed by atoms with Gasteiger partial charge in [-0.3, -0.25) is 10.2 Å². The van der Waals surface area contributed by atoms with Gasteiger partial charge in [0.25, 0.3) is 5.56 Å². The molecule has 1 aliphatic heterocycles. The zero-order chi connectivity index (χ0) is 15.8. The lowest BCUT2D eigenvalue weighted by molar-refractivity contribution is 0.174. The van der Waals surface area contributed by atoms with Gasteiger partial charge < -0.3 is 14.0 Å². The predicted octanol–water partition coefficient (Wildman–Crippen LogP) is 1.09. The van der Waals surface area contributed by atoms with E-state index in [9.17, 15) is 4.79 Å². The van der Waals surface area contributed by atoms with E-state index in [0.29, 0.717) is 23.0 Å². The summed E-state index contributed by atoms with van der Waals surface area (Å²) in [5, 5.41) is 14.6. The van der Waals surface area contributed by atoms with Gasteiger partial charge in [-0.1, -0.05) is 0 Å². The molecule has 1 aromatic carbocycles. The third-order valence-corrected chi connectivity index (χ3v) is 3.45. The van der Waals surface area contributed by atoms with Crippen LogP contribution in [-0.2, 0) is 6.54 Å². The number of hydrogen-bond donors (Lipinski definition) is 2. The molecule has 0 aliphatic carbocycles. The second-order valence-corrected chi connectivity index (χ2v) is 5.01. The first kappa shape index (κ1) is 13.4. The lowest BCUT2D eigenvalue weighted by Gasteiger charge is -2.07. The zero-order valence-corrected chi connectivity index (χ0v) is 11.9. The molecule has 116 valence electrons. The molecular formula is C15H12N4O4. The highest BCUT2D eigenvalue weighted by molar-refractivity contribution is 5.63. The molecule has 3 heterocycles. The smallest absolute Gasteiger partial charge is 0.280 e. The standard InChI is InChI=1S/C15H12N4O4/c16-14-4-2-11(9-1-3-12-13(5-9)22-8-21-12)17-19(14)7-10-6-15(20)18-23-10/h1-6,16H,7-8H2,(H,18,20). The minimum absolute atomic E-state index is 0.190. The molecule has 0 radical (unpaired) electrons. The van der Waals surface area contributed by atoms with Crippen molar-refractivity contribution in [3.05, 3.63) is 58.0 Å². The second kappa shape index (κ2) is 5.16. The molecule has 3 aromatic rings. The average molecular weight is 312 g/mol. The van der Waals surface area contributed by atoms with E-state index in [4.69, 9.17) is 19.4 Å². The van der Waals surface area contributed by atoms with Gasteiger partial charge >= 0.3 is 0 Å². The van der Waals surface area contributed by atoms with E-state index in [0.717, 1.165) is 5.56 Å². The first-order chi connectivity index (χ1) is 11.2. The second-order valence-electron chi connectivity index (χ2n) is 5.01. The predicted molar refractivity (Wildman–Crippen MR) is 78.1 cm³/mol. The molecule has 4 rings (SSSR count). The van der Waals surface area contributed by atoms with Gasteiger partial charge in [0.1, 0.15) is 12.0 Å². The van der Waals surface area contributed by atoms with Crippen LogP contribution in [0.2, 0.25) is 0 Å². The van der Waals surface area contributed by atoms with Crippen molar-refractivity contribution in [1.82, 2.24) is 14.9 Å². The third-order valence-electron chi connectivity index (χ3n) is 3.45. The molecule has 0 atom stereocenters. The number of nitrogens with one attached hydrogen (secondary N) is 2. The van der Waals surface area contributed by atoms with Gasteiger partial charge in [0.15, 0.2) is 17.3 Å². The number of rotatable bonds is 3. The van der Waals surface area contributed by atoms with E-state index >= 15 is 0 Å². The summed E-state index contributed by atoms with van der Waals surface area (Å²) in [6.07, 6.45) is 0. The molecular weight excluding hydrogens is 300 g/mol. The molecule has 0 unspecified atom stereocenters. The molecule has 0 spiro atoms. The average Bonchev–Trinajstić information content (AvgIpc) is 3.17. The summed E-state index contributed by atoms with van der Waals surface area (Å²) < 4.78 is 17.1. The Hall–Kier alpha value is -3.29. The number of fused-ring (bicyclic) bond motifs is 1.